The molecule has 5 nitrogen and oxygen atoms in total. The van der Waals surface area contributed by atoms with E-state index in [0.29, 0.717) is 21.6 Å². The number of aromatic nitrogens is 3. The van der Waals surface area contributed by atoms with Gasteiger partial charge in [-0.05, 0) is 43.7 Å². The van der Waals surface area contributed by atoms with E-state index in [1.807, 2.05) is 62.4 Å². The van der Waals surface area contributed by atoms with Crippen LogP contribution in [-0.4, -0.2) is 20.7 Å². The number of halogens is 2. The predicted molar refractivity (Wildman–Crippen MR) is 121 cm³/mol. The molecule has 0 atom stereocenters. The van der Waals surface area contributed by atoms with Gasteiger partial charge in [0.15, 0.2) is 5.82 Å². The van der Waals surface area contributed by atoms with Crippen molar-refractivity contribution in [3.63, 3.8) is 0 Å². The molecule has 0 saturated heterocycles. The Morgan fingerprint density at radius 2 is 1.67 bits per heavy atom. The lowest BCUT2D eigenvalue weighted by Crippen LogP contribution is -2.14. The van der Waals surface area contributed by atoms with Crippen molar-refractivity contribution in [2.24, 2.45) is 0 Å². The number of anilines is 1. The molecule has 0 spiro atoms. The van der Waals surface area contributed by atoms with Crippen LogP contribution >= 0.6 is 23.2 Å². The molecule has 1 amide bonds. The van der Waals surface area contributed by atoms with Gasteiger partial charge in [0.25, 0.3) is 5.91 Å². The van der Waals surface area contributed by atoms with Gasteiger partial charge in [0.2, 0.25) is 5.82 Å². The Bertz CT molecular complexity index is 1230. The average molecular weight is 437 g/mol. The average Bonchev–Trinajstić information content (AvgIpc) is 3.17. The van der Waals surface area contributed by atoms with Gasteiger partial charge in [-0.2, -0.15) is 0 Å². The molecule has 3 aromatic carbocycles. The highest BCUT2D eigenvalue weighted by Crippen LogP contribution is 2.26. The summed E-state index contributed by atoms with van der Waals surface area (Å²) in [6.45, 7) is 4.01. The normalized spacial score (nSPS) is 10.8. The summed E-state index contributed by atoms with van der Waals surface area (Å²) in [5.41, 5.74) is 4.39. The standard InChI is InChI=1S/C23H18Cl2N4O/c1-14-7-9-16(10-8-14)22-27-21(28-29(22)20-6-4-3-5-15(20)2)23(30)26-17-11-12-18(24)19(25)13-17/h3-13H,1-2H3,(H,26,30). The third-order valence-electron chi connectivity index (χ3n) is 4.64. The Hall–Kier alpha value is -3.15. The van der Waals surface area contributed by atoms with Gasteiger partial charge in [-0.25, -0.2) is 9.67 Å². The lowest BCUT2D eigenvalue weighted by molar-refractivity contribution is 0.101. The van der Waals surface area contributed by atoms with Gasteiger partial charge in [0, 0.05) is 11.3 Å². The molecule has 0 saturated carbocycles. The van der Waals surface area contributed by atoms with Gasteiger partial charge in [-0.3, -0.25) is 4.79 Å². The third-order valence-corrected chi connectivity index (χ3v) is 5.38. The van der Waals surface area contributed by atoms with E-state index in [9.17, 15) is 4.79 Å². The van der Waals surface area contributed by atoms with Crippen LogP contribution in [0, 0.1) is 13.8 Å². The minimum atomic E-state index is -0.436. The SMILES string of the molecule is Cc1ccc(-c2nc(C(=O)Nc3ccc(Cl)c(Cl)c3)nn2-c2ccccc2C)cc1. The molecule has 0 aliphatic rings. The zero-order valence-corrected chi connectivity index (χ0v) is 17.9. The first-order valence-electron chi connectivity index (χ1n) is 9.29. The minimum Gasteiger partial charge on any atom is -0.319 e. The van der Waals surface area contributed by atoms with Crippen LogP contribution in [0.4, 0.5) is 5.69 Å². The fraction of sp³-hybridized carbons (Fsp3) is 0.0870. The second-order valence-corrected chi connectivity index (χ2v) is 7.72. The minimum absolute atomic E-state index is 0.0555. The van der Waals surface area contributed by atoms with Gasteiger partial charge in [-0.15, -0.1) is 5.10 Å². The summed E-state index contributed by atoms with van der Waals surface area (Å²) in [5, 5.41) is 8.05. The highest BCUT2D eigenvalue weighted by atomic mass is 35.5. The van der Waals surface area contributed by atoms with Crippen LogP contribution in [-0.2, 0) is 0 Å². The molecule has 0 aliphatic heterocycles. The monoisotopic (exact) mass is 436 g/mol. The second kappa shape index (κ2) is 8.30. The fourth-order valence-electron chi connectivity index (χ4n) is 3.03. The molecule has 0 radical (unpaired) electrons. The topological polar surface area (TPSA) is 59.8 Å². The van der Waals surface area contributed by atoms with Crippen LogP contribution in [0.1, 0.15) is 21.7 Å². The van der Waals surface area contributed by atoms with E-state index in [1.165, 1.54) is 0 Å². The highest BCUT2D eigenvalue weighted by molar-refractivity contribution is 6.42. The summed E-state index contributed by atoms with van der Waals surface area (Å²) in [7, 11) is 0. The number of amides is 1. The van der Waals surface area contributed by atoms with Crippen molar-refractivity contribution in [3.8, 4) is 17.1 Å². The zero-order valence-electron chi connectivity index (χ0n) is 16.4. The number of para-hydroxylation sites is 1. The number of rotatable bonds is 4. The van der Waals surface area contributed by atoms with Crippen molar-refractivity contribution in [2.75, 3.05) is 5.32 Å². The molecular weight excluding hydrogens is 419 g/mol. The highest BCUT2D eigenvalue weighted by Gasteiger charge is 2.20. The quantitative estimate of drug-likeness (QED) is 0.419. The van der Waals surface area contributed by atoms with E-state index in [1.54, 1.807) is 22.9 Å². The van der Waals surface area contributed by atoms with Crippen LogP contribution in [0.2, 0.25) is 10.0 Å². The number of benzene rings is 3. The molecule has 0 bridgehead atoms. The van der Waals surface area contributed by atoms with Crippen molar-refractivity contribution >= 4 is 34.8 Å². The maximum atomic E-state index is 12.9. The Morgan fingerprint density at radius 3 is 2.37 bits per heavy atom. The van der Waals surface area contributed by atoms with Gasteiger partial charge < -0.3 is 5.32 Å². The number of carbonyl (C=O) groups excluding carboxylic acids is 1. The summed E-state index contributed by atoms with van der Waals surface area (Å²) in [4.78, 5) is 17.4. The van der Waals surface area contributed by atoms with Crippen LogP contribution in [0.15, 0.2) is 66.7 Å². The van der Waals surface area contributed by atoms with Crippen LogP contribution in [0.25, 0.3) is 17.1 Å². The van der Waals surface area contributed by atoms with Crippen molar-refractivity contribution < 1.29 is 4.79 Å². The number of aryl methyl sites for hydroxylation is 2. The number of carbonyl (C=O) groups is 1. The molecule has 1 N–H and O–H groups in total. The van der Waals surface area contributed by atoms with Gasteiger partial charge >= 0.3 is 0 Å². The number of hydrogen-bond donors (Lipinski definition) is 1. The first-order chi connectivity index (χ1) is 14.4. The number of hydrogen-bond acceptors (Lipinski definition) is 3. The Labute approximate surface area is 184 Å². The summed E-state index contributed by atoms with van der Waals surface area (Å²) in [6.07, 6.45) is 0. The molecule has 1 heterocycles. The molecule has 0 aliphatic carbocycles. The van der Waals surface area contributed by atoms with Gasteiger partial charge in [-0.1, -0.05) is 71.2 Å². The van der Waals surface area contributed by atoms with E-state index in [0.717, 1.165) is 22.4 Å². The summed E-state index contributed by atoms with van der Waals surface area (Å²) in [5.74, 6) is 0.206. The van der Waals surface area contributed by atoms with Crippen LogP contribution in [0.5, 0.6) is 0 Å². The predicted octanol–water partition coefficient (Wildman–Crippen LogP) is 6.11. The Kier molecular flexibility index (Phi) is 5.57. The number of nitrogens with one attached hydrogen (secondary N) is 1. The third kappa shape index (κ3) is 4.08. The maximum Gasteiger partial charge on any atom is 0.295 e. The lowest BCUT2D eigenvalue weighted by Gasteiger charge is -2.08. The zero-order chi connectivity index (χ0) is 21.3. The van der Waals surface area contributed by atoms with Crippen LogP contribution in [0.3, 0.4) is 0 Å². The van der Waals surface area contributed by atoms with E-state index < -0.39 is 5.91 Å². The molecule has 0 fully saturated rings. The molecule has 30 heavy (non-hydrogen) atoms. The van der Waals surface area contributed by atoms with Gasteiger partial charge in [0.05, 0.1) is 15.7 Å². The van der Waals surface area contributed by atoms with E-state index in [-0.39, 0.29) is 5.82 Å². The van der Waals surface area contributed by atoms with E-state index >= 15 is 0 Å². The first-order valence-corrected chi connectivity index (χ1v) is 10.0. The molecule has 7 heteroatoms. The van der Waals surface area contributed by atoms with Crippen molar-refractivity contribution in [2.45, 2.75) is 13.8 Å². The molecule has 4 rings (SSSR count). The van der Waals surface area contributed by atoms with Crippen molar-refractivity contribution in [1.29, 1.82) is 0 Å². The van der Waals surface area contributed by atoms with Crippen LogP contribution < -0.4 is 5.32 Å². The fourth-order valence-corrected chi connectivity index (χ4v) is 3.33. The lowest BCUT2D eigenvalue weighted by atomic mass is 10.1. The molecule has 4 aromatic rings. The number of nitrogens with zero attached hydrogens (tertiary/aromatic N) is 3. The Morgan fingerprint density at radius 1 is 0.933 bits per heavy atom. The molecule has 1 aromatic heterocycles. The summed E-state index contributed by atoms with van der Waals surface area (Å²) >= 11 is 12.0. The molecular formula is C23H18Cl2N4O. The largest absolute Gasteiger partial charge is 0.319 e. The maximum absolute atomic E-state index is 12.9. The van der Waals surface area contributed by atoms with Crippen molar-refractivity contribution in [3.05, 3.63) is 93.7 Å². The first kappa shape index (κ1) is 20.1. The smallest absolute Gasteiger partial charge is 0.295 e. The van der Waals surface area contributed by atoms with E-state index in [2.05, 4.69) is 15.4 Å². The van der Waals surface area contributed by atoms with E-state index in [4.69, 9.17) is 23.2 Å². The second-order valence-electron chi connectivity index (χ2n) is 6.91. The Balaban J connectivity index is 1.76. The van der Waals surface area contributed by atoms with Gasteiger partial charge in [0.1, 0.15) is 0 Å². The van der Waals surface area contributed by atoms with Crippen molar-refractivity contribution in [1.82, 2.24) is 14.8 Å². The summed E-state index contributed by atoms with van der Waals surface area (Å²) in [6, 6.07) is 20.6. The molecule has 0 unspecified atom stereocenters. The molecule has 150 valence electrons. The summed E-state index contributed by atoms with van der Waals surface area (Å²) < 4.78 is 1.70.